The Hall–Kier alpha value is -1.97. The third-order valence-electron chi connectivity index (χ3n) is 8.81. The second-order valence-electron chi connectivity index (χ2n) is 10.8. The van der Waals surface area contributed by atoms with Gasteiger partial charge in [0.05, 0.1) is 17.8 Å². The third-order valence-corrected chi connectivity index (χ3v) is 8.81. The molecule has 33 heavy (non-hydrogen) atoms. The van der Waals surface area contributed by atoms with Crippen molar-refractivity contribution in [1.29, 1.82) is 0 Å². The molecule has 0 aromatic carbocycles. The van der Waals surface area contributed by atoms with E-state index < -0.39 is 70.5 Å². The normalized spacial score (nSPS) is 53.7. The molecule has 2 aliphatic carbocycles. The molecule has 9 nitrogen and oxygen atoms in total. The SMILES string of the molecule is CC(=O)O[C@H]1C[C@@H]2O[C@]2(C)[C@@H]2[C@@H](O)[C@]34O[C@@]3(C)C(=O)O[C@H]4/C=C(/C)CC[C@@H](OC(C)=O)[C@@]12C. The lowest BCUT2D eigenvalue weighted by atomic mass is 9.54. The number of epoxide rings is 2. The van der Waals surface area contributed by atoms with E-state index in [9.17, 15) is 19.5 Å². The summed E-state index contributed by atoms with van der Waals surface area (Å²) >= 11 is 0. The number of hydrogen-bond donors (Lipinski definition) is 1. The van der Waals surface area contributed by atoms with Crippen LogP contribution in [0.4, 0.5) is 0 Å². The lowest BCUT2D eigenvalue weighted by Crippen LogP contribution is -2.65. The van der Waals surface area contributed by atoms with Crippen molar-refractivity contribution in [3.8, 4) is 0 Å². The van der Waals surface area contributed by atoms with Crippen LogP contribution < -0.4 is 0 Å². The fourth-order valence-electron chi connectivity index (χ4n) is 7.00. The first-order valence-electron chi connectivity index (χ1n) is 11.6. The fraction of sp³-hybridized carbons (Fsp3) is 0.792. The van der Waals surface area contributed by atoms with Crippen LogP contribution in [0.1, 0.15) is 60.8 Å². The first-order valence-corrected chi connectivity index (χ1v) is 11.6. The molecule has 182 valence electrons. The Morgan fingerprint density at radius 1 is 1.12 bits per heavy atom. The van der Waals surface area contributed by atoms with Crippen LogP contribution >= 0.6 is 0 Å². The molecule has 4 fully saturated rings. The Kier molecular flexibility index (Phi) is 4.70. The summed E-state index contributed by atoms with van der Waals surface area (Å²) in [6.07, 6.45) is -0.283. The largest absolute Gasteiger partial charge is 0.462 e. The van der Waals surface area contributed by atoms with Gasteiger partial charge in [-0.1, -0.05) is 12.5 Å². The van der Waals surface area contributed by atoms with Gasteiger partial charge in [0.2, 0.25) is 0 Å². The third kappa shape index (κ3) is 2.85. The molecule has 0 bridgehead atoms. The van der Waals surface area contributed by atoms with Crippen molar-refractivity contribution in [2.24, 2.45) is 11.3 Å². The van der Waals surface area contributed by atoms with Crippen molar-refractivity contribution in [2.45, 2.75) is 108 Å². The van der Waals surface area contributed by atoms with E-state index in [1.165, 1.54) is 13.8 Å². The van der Waals surface area contributed by atoms with Gasteiger partial charge in [0.25, 0.3) is 0 Å². The highest BCUT2D eigenvalue weighted by molar-refractivity contribution is 5.89. The van der Waals surface area contributed by atoms with Crippen LogP contribution in [0.2, 0.25) is 0 Å². The summed E-state index contributed by atoms with van der Waals surface area (Å²) in [7, 11) is 0. The van der Waals surface area contributed by atoms with E-state index in [0.717, 1.165) is 5.57 Å². The standard InChI is InChI=1S/C24H32O9/c1-11-7-8-14(29-12(2)25)21(4)15(30-13(3)26)10-16-22(5,32-16)18(21)19(27)24-17(9-11)31-20(28)23(24,6)33-24/h9,14-19,27H,7-8,10H2,1-6H3/b11-9-/t14-,15+,16+,17+,18-,19-,21+,22+,23+,24+/m1/s1. The molecule has 5 rings (SSSR count). The van der Waals surface area contributed by atoms with Crippen LogP contribution in [0.15, 0.2) is 11.6 Å². The first kappa shape index (κ1) is 22.8. The zero-order valence-corrected chi connectivity index (χ0v) is 19.9. The topological polar surface area (TPSA) is 124 Å². The minimum atomic E-state index is -1.30. The molecule has 10 atom stereocenters. The van der Waals surface area contributed by atoms with Crippen molar-refractivity contribution in [3.05, 3.63) is 11.6 Å². The maximum Gasteiger partial charge on any atom is 0.342 e. The van der Waals surface area contributed by atoms with Gasteiger partial charge in [0.1, 0.15) is 12.2 Å². The van der Waals surface area contributed by atoms with E-state index in [1.54, 1.807) is 6.92 Å². The molecular formula is C24H32O9. The number of carbonyl (C=O) groups excluding carboxylic acids is 3. The molecule has 9 heteroatoms. The maximum atomic E-state index is 12.7. The number of ether oxygens (including phenoxy) is 5. The van der Waals surface area contributed by atoms with Crippen LogP contribution in [0.5, 0.6) is 0 Å². The van der Waals surface area contributed by atoms with Crippen LogP contribution in [0.3, 0.4) is 0 Å². The van der Waals surface area contributed by atoms with E-state index in [0.29, 0.717) is 19.3 Å². The highest BCUT2D eigenvalue weighted by atomic mass is 16.7. The van der Waals surface area contributed by atoms with Gasteiger partial charge in [-0.15, -0.1) is 0 Å². The van der Waals surface area contributed by atoms with Crippen LogP contribution in [0.25, 0.3) is 0 Å². The number of fused-ring (bicyclic) bond motifs is 3. The van der Waals surface area contributed by atoms with Gasteiger partial charge in [-0.25, -0.2) is 4.79 Å². The average molecular weight is 465 g/mol. The predicted octanol–water partition coefficient (Wildman–Crippen LogP) is 1.59. The van der Waals surface area contributed by atoms with Crippen LogP contribution in [-0.4, -0.2) is 70.3 Å². The molecule has 5 aliphatic rings. The van der Waals surface area contributed by atoms with Crippen molar-refractivity contribution in [1.82, 2.24) is 0 Å². The molecule has 1 spiro atoms. The van der Waals surface area contributed by atoms with Crippen molar-refractivity contribution in [3.63, 3.8) is 0 Å². The highest BCUT2D eigenvalue weighted by Crippen LogP contribution is 2.68. The zero-order chi connectivity index (χ0) is 24.1. The quantitative estimate of drug-likeness (QED) is 0.281. The summed E-state index contributed by atoms with van der Waals surface area (Å²) in [6.45, 7) is 10.0. The van der Waals surface area contributed by atoms with Crippen LogP contribution in [-0.2, 0) is 38.1 Å². The summed E-state index contributed by atoms with van der Waals surface area (Å²) < 4.78 is 29.4. The van der Waals surface area contributed by atoms with Gasteiger partial charge in [0.15, 0.2) is 17.3 Å². The lowest BCUT2D eigenvalue weighted by Gasteiger charge is -2.53. The summed E-state index contributed by atoms with van der Waals surface area (Å²) in [6, 6.07) is 0. The Morgan fingerprint density at radius 3 is 2.36 bits per heavy atom. The van der Waals surface area contributed by atoms with Crippen molar-refractivity contribution >= 4 is 17.9 Å². The molecule has 0 unspecified atom stereocenters. The highest BCUT2D eigenvalue weighted by Gasteiger charge is 2.88. The number of allylic oxidation sites excluding steroid dienone is 1. The van der Waals surface area contributed by atoms with E-state index in [2.05, 4.69) is 0 Å². The van der Waals surface area contributed by atoms with Crippen molar-refractivity contribution < 1.29 is 43.2 Å². The minimum Gasteiger partial charge on any atom is -0.462 e. The number of rotatable bonds is 2. The number of carbonyl (C=O) groups is 3. The summed E-state index contributed by atoms with van der Waals surface area (Å²) in [5, 5.41) is 12.1. The molecule has 0 amide bonds. The summed E-state index contributed by atoms with van der Waals surface area (Å²) in [4.78, 5) is 37.0. The molecule has 0 aromatic heterocycles. The maximum absolute atomic E-state index is 12.7. The molecule has 0 radical (unpaired) electrons. The molecule has 3 aliphatic heterocycles. The zero-order valence-electron chi connectivity index (χ0n) is 19.9. The van der Waals surface area contributed by atoms with E-state index >= 15 is 0 Å². The van der Waals surface area contributed by atoms with Gasteiger partial charge in [0, 0.05) is 31.6 Å². The van der Waals surface area contributed by atoms with E-state index in [-0.39, 0.29) is 6.10 Å². The average Bonchev–Trinajstić information content (AvgIpc) is 3.53. The Morgan fingerprint density at radius 2 is 1.76 bits per heavy atom. The number of esters is 3. The predicted molar refractivity (Wildman–Crippen MR) is 112 cm³/mol. The number of aliphatic hydroxyl groups is 1. The molecule has 3 saturated heterocycles. The fourth-order valence-corrected chi connectivity index (χ4v) is 7.00. The monoisotopic (exact) mass is 464 g/mol. The van der Waals surface area contributed by atoms with Gasteiger partial charge < -0.3 is 28.8 Å². The first-order chi connectivity index (χ1) is 15.3. The van der Waals surface area contributed by atoms with Gasteiger partial charge >= 0.3 is 17.9 Å². The van der Waals surface area contributed by atoms with Crippen LogP contribution in [0, 0.1) is 11.3 Å². The summed E-state index contributed by atoms with van der Waals surface area (Å²) in [5.41, 5.74) is -3.44. The number of aliphatic hydroxyl groups excluding tert-OH is 1. The van der Waals surface area contributed by atoms with Crippen molar-refractivity contribution in [2.75, 3.05) is 0 Å². The number of hydrogen-bond acceptors (Lipinski definition) is 9. The Labute approximate surface area is 192 Å². The Balaban J connectivity index is 1.69. The molecular weight excluding hydrogens is 432 g/mol. The van der Waals surface area contributed by atoms with E-state index in [1.807, 2.05) is 26.8 Å². The second kappa shape index (κ2) is 6.79. The molecule has 3 heterocycles. The van der Waals surface area contributed by atoms with Gasteiger partial charge in [-0.05, 0) is 39.7 Å². The molecule has 1 N–H and O–H groups in total. The Bertz CT molecular complexity index is 960. The van der Waals surface area contributed by atoms with Gasteiger partial charge in [-0.3, -0.25) is 9.59 Å². The summed E-state index contributed by atoms with van der Waals surface area (Å²) in [5.74, 6) is -2.10. The minimum absolute atomic E-state index is 0.245. The van der Waals surface area contributed by atoms with Gasteiger partial charge in [-0.2, -0.15) is 0 Å². The lowest BCUT2D eigenvalue weighted by molar-refractivity contribution is -0.205. The second-order valence-corrected chi connectivity index (χ2v) is 10.8. The molecule has 0 aromatic rings. The van der Waals surface area contributed by atoms with E-state index in [4.69, 9.17) is 23.7 Å². The molecule has 1 saturated carbocycles. The smallest absolute Gasteiger partial charge is 0.342 e.